The van der Waals surface area contributed by atoms with E-state index in [1.165, 1.54) is 17.0 Å². The molecule has 25 heavy (non-hydrogen) atoms. The molecule has 2 aromatic rings. The summed E-state index contributed by atoms with van der Waals surface area (Å²) in [5, 5.41) is 20.2. The van der Waals surface area contributed by atoms with Gasteiger partial charge in [0.25, 0.3) is 5.56 Å². The highest BCUT2D eigenvalue weighted by atomic mass is 31.2. The Morgan fingerprint density at radius 3 is 2.80 bits per heavy atom. The Labute approximate surface area is 139 Å². The third-order valence-corrected chi connectivity index (χ3v) is 4.15. The monoisotopic (exact) mass is 374 g/mol. The van der Waals surface area contributed by atoms with Crippen molar-refractivity contribution in [1.29, 1.82) is 0 Å². The molecule has 0 bridgehead atoms. The molecule has 2 aromatic heterocycles. The van der Waals surface area contributed by atoms with E-state index in [0.29, 0.717) is 0 Å². The average Bonchev–Trinajstić information content (AvgIpc) is 3.08. The molecule has 0 aliphatic carbocycles. The van der Waals surface area contributed by atoms with E-state index in [2.05, 4.69) is 26.1 Å². The normalized spacial score (nSPS) is 27.0. The predicted octanol–water partition coefficient (Wildman–Crippen LogP) is -1.51. The van der Waals surface area contributed by atoms with E-state index in [9.17, 15) is 19.6 Å². The topological polar surface area (TPSA) is 180 Å². The highest BCUT2D eigenvalue weighted by Gasteiger charge is 2.45. The highest BCUT2D eigenvalue weighted by Crippen LogP contribution is 2.38. The van der Waals surface area contributed by atoms with Crippen LogP contribution in [0.1, 0.15) is 12.1 Å². The minimum Gasteiger partial charge on any atom is -0.387 e. The SMILES string of the molecule is C=Cc1nc2c(ncn2C2OC(COP(=O)(O)O)C(O)C2O)c(=O)[nH]1. The molecule has 1 saturated heterocycles. The van der Waals surface area contributed by atoms with Crippen LogP contribution in [0, 0.1) is 0 Å². The van der Waals surface area contributed by atoms with E-state index in [4.69, 9.17) is 14.5 Å². The largest absolute Gasteiger partial charge is 0.469 e. The van der Waals surface area contributed by atoms with Gasteiger partial charge >= 0.3 is 7.82 Å². The van der Waals surface area contributed by atoms with Crippen LogP contribution in [0.2, 0.25) is 0 Å². The summed E-state index contributed by atoms with van der Waals surface area (Å²) < 4.78 is 21.7. The molecule has 3 heterocycles. The molecule has 0 aromatic carbocycles. The second-order valence-corrected chi connectivity index (χ2v) is 6.55. The molecular weight excluding hydrogens is 359 g/mol. The molecule has 1 aliphatic heterocycles. The van der Waals surface area contributed by atoms with Gasteiger partial charge in [0.15, 0.2) is 17.4 Å². The van der Waals surface area contributed by atoms with E-state index >= 15 is 0 Å². The van der Waals surface area contributed by atoms with Gasteiger partial charge in [-0.15, -0.1) is 0 Å². The summed E-state index contributed by atoms with van der Waals surface area (Å²) in [5.41, 5.74) is -0.440. The summed E-state index contributed by atoms with van der Waals surface area (Å²) in [4.78, 5) is 39.9. The fourth-order valence-corrected chi connectivity index (χ4v) is 2.83. The number of fused-ring (bicyclic) bond motifs is 1. The molecule has 0 radical (unpaired) electrons. The molecule has 0 amide bonds. The number of nitrogens with one attached hydrogen (secondary N) is 1. The minimum atomic E-state index is -4.76. The maximum Gasteiger partial charge on any atom is 0.469 e. The van der Waals surface area contributed by atoms with Crippen molar-refractivity contribution in [2.24, 2.45) is 0 Å². The summed E-state index contributed by atoms with van der Waals surface area (Å²) in [6, 6.07) is 0. The molecule has 5 N–H and O–H groups in total. The standard InChI is InChI=1S/C12H15N4O8P/c1-2-6-14-10-7(11(19)15-6)13-4-16(10)12-9(18)8(17)5(24-12)3-23-25(20,21)22/h2,4-5,8-9,12,17-18H,1,3H2,(H,14,15,19)(H2,20,21,22). The number of hydrogen-bond acceptors (Lipinski definition) is 8. The quantitative estimate of drug-likeness (QED) is 0.386. The Hall–Kier alpha value is -1.92. The fraction of sp³-hybridized carbons (Fsp3) is 0.417. The van der Waals surface area contributed by atoms with E-state index in [-0.39, 0.29) is 17.0 Å². The van der Waals surface area contributed by atoms with Gasteiger partial charge in [0, 0.05) is 0 Å². The Morgan fingerprint density at radius 1 is 1.44 bits per heavy atom. The average molecular weight is 374 g/mol. The van der Waals surface area contributed by atoms with Gasteiger partial charge in [-0.05, 0) is 6.08 Å². The lowest BCUT2D eigenvalue weighted by atomic mass is 10.1. The zero-order valence-electron chi connectivity index (χ0n) is 12.6. The first-order valence-corrected chi connectivity index (χ1v) is 8.55. The maximum absolute atomic E-state index is 11.9. The van der Waals surface area contributed by atoms with Gasteiger partial charge < -0.3 is 29.7 Å². The van der Waals surface area contributed by atoms with Gasteiger partial charge in [-0.1, -0.05) is 6.58 Å². The number of phosphoric ester groups is 1. The highest BCUT2D eigenvalue weighted by molar-refractivity contribution is 7.46. The van der Waals surface area contributed by atoms with Crippen molar-refractivity contribution < 1.29 is 33.8 Å². The van der Waals surface area contributed by atoms with Crippen LogP contribution >= 0.6 is 7.82 Å². The maximum atomic E-state index is 11.9. The molecule has 13 heteroatoms. The van der Waals surface area contributed by atoms with Crippen molar-refractivity contribution in [2.45, 2.75) is 24.5 Å². The van der Waals surface area contributed by atoms with E-state index in [0.717, 1.165) is 0 Å². The molecule has 0 saturated carbocycles. The minimum absolute atomic E-state index is 0.00851. The van der Waals surface area contributed by atoms with Crippen molar-refractivity contribution in [1.82, 2.24) is 19.5 Å². The van der Waals surface area contributed by atoms with Crippen molar-refractivity contribution in [3.8, 4) is 0 Å². The number of aliphatic hydroxyl groups excluding tert-OH is 2. The summed E-state index contributed by atoms with van der Waals surface area (Å²) in [6.07, 6.45) is -2.81. The first kappa shape index (κ1) is 17.9. The van der Waals surface area contributed by atoms with E-state index in [1.54, 1.807) is 0 Å². The molecule has 4 atom stereocenters. The van der Waals surface area contributed by atoms with Crippen molar-refractivity contribution in [3.63, 3.8) is 0 Å². The van der Waals surface area contributed by atoms with Crippen molar-refractivity contribution in [3.05, 3.63) is 29.1 Å². The first-order chi connectivity index (χ1) is 11.7. The molecular formula is C12H15N4O8P. The second-order valence-electron chi connectivity index (χ2n) is 5.31. The van der Waals surface area contributed by atoms with Crippen LogP contribution in [0.5, 0.6) is 0 Å². The van der Waals surface area contributed by atoms with E-state index < -0.39 is 44.5 Å². The lowest BCUT2D eigenvalue weighted by molar-refractivity contribution is -0.0504. The predicted molar refractivity (Wildman–Crippen MR) is 82.2 cm³/mol. The number of ether oxygens (including phenoxy) is 1. The van der Waals surface area contributed by atoms with Gasteiger partial charge in [-0.25, -0.2) is 14.5 Å². The van der Waals surface area contributed by atoms with Gasteiger partial charge in [-0.2, -0.15) is 0 Å². The summed E-state index contributed by atoms with van der Waals surface area (Å²) in [6.45, 7) is 2.86. The third-order valence-electron chi connectivity index (χ3n) is 3.66. The molecule has 0 spiro atoms. The second kappa shape index (κ2) is 6.42. The number of aromatic amines is 1. The molecule has 1 aliphatic rings. The van der Waals surface area contributed by atoms with Crippen LogP contribution in [0.15, 0.2) is 17.7 Å². The van der Waals surface area contributed by atoms with Crippen LogP contribution in [0.25, 0.3) is 17.2 Å². The van der Waals surface area contributed by atoms with Crippen molar-refractivity contribution >= 4 is 25.1 Å². The molecule has 3 rings (SSSR count). The fourth-order valence-electron chi connectivity index (χ4n) is 2.49. The smallest absolute Gasteiger partial charge is 0.387 e. The van der Waals surface area contributed by atoms with Crippen LogP contribution in [-0.4, -0.2) is 64.4 Å². The number of imidazole rings is 1. The van der Waals surface area contributed by atoms with Crippen LogP contribution < -0.4 is 5.56 Å². The number of H-pyrrole nitrogens is 1. The molecule has 136 valence electrons. The number of nitrogens with zero attached hydrogens (tertiary/aromatic N) is 3. The van der Waals surface area contributed by atoms with Gasteiger partial charge in [0.2, 0.25) is 0 Å². The van der Waals surface area contributed by atoms with Crippen LogP contribution in [0.3, 0.4) is 0 Å². The Bertz CT molecular complexity index is 904. The number of rotatable bonds is 5. The summed E-state index contributed by atoms with van der Waals surface area (Å²) in [7, 11) is -4.76. The lowest BCUT2D eigenvalue weighted by Crippen LogP contribution is -2.33. The molecule has 4 unspecified atom stereocenters. The Kier molecular flexibility index (Phi) is 4.60. The van der Waals surface area contributed by atoms with Gasteiger partial charge in [0.05, 0.1) is 12.9 Å². The zero-order valence-corrected chi connectivity index (χ0v) is 13.5. The summed E-state index contributed by atoms with van der Waals surface area (Å²) in [5.74, 6) is 0.175. The third kappa shape index (κ3) is 3.41. The first-order valence-electron chi connectivity index (χ1n) is 7.02. The van der Waals surface area contributed by atoms with Gasteiger partial charge in [0.1, 0.15) is 24.1 Å². The number of hydrogen-bond donors (Lipinski definition) is 5. The molecule has 12 nitrogen and oxygen atoms in total. The number of aromatic nitrogens is 4. The van der Waals surface area contributed by atoms with Crippen LogP contribution in [0.4, 0.5) is 0 Å². The number of aliphatic hydroxyl groups is 2. The Balaban J connectivity index is 1.93. The number of phosphoric acid groups is 1. The molecule has 1 fully saturated rings. The lowest BCUT2D eigenvalue weighted by Gasteiger charge is -2.16. The summed E-state index contributed by atoms with van der Waals surface area (Å²) >= 11 is 0. The van der Waals surface area contributed by atoms with E-state index in [1.807, 2.05) is 0 Å². The van der Waals surface area contributed by atoms with Gasteiger partial charge in [-0.3, -0.25) is 13.9 Å². The van der Waals surface area contributed by atoms with Crippen molar-refractivity contribution in [2.75, 3.05) is 6.61 Å². The zero-order chi connectivity index (χ0) is 18.4. The van der Waals surface area contributed by atoms with Crippen LogP contribution in [-0.2, 0) is 13.8 Å². The Morgan fingerprint density at radius 2 is 2.16 bits per heavy atom.